The van der Waals surface area contributed by atoms with Crippen molar-refractivity contribution in [1.82, 2.24) is 0 Å². The Morgan fingerprint density at radius 1 is 1.26 bits per heavy atom. The minimum atomic E-state index is 0.191. The second kappa shape index (κ2) is 4.71. The molecule has 0 saturated heterocycles. The summed E-state index contributed by atoms with van der Waals surface area (Å²) < 4.78 is 0. The summed E-state index contributed by atoms with van der Waals surface area (Å²) in [7, 11) is 2.18. The molecule has 1 fully saturated rings. The van der Waals surface area contributed by atoms with Gasteiger partial charge in [-0.1, -0.05) is 19.1 Å². The highest BCUT2D eigenvalue weighted by molar-refractivity contribution is 5.74. The topological polar surface area (TPSA) is 32.5 Å². The molecule has 1 aliphatic heterocycles. The van der Waals surface area contributed by atoms with Crippen molar-refractivity contribution in [3.8, 4) is 0 Å². The Morgan fingerprint density at radius 3 is 2.63 bits per heavy atom. The van der Waals surface area contributed by atoms with Gasteiger partial charge in [0.2, 0.25) is 0 Å². The van der Waals surface area contributed by atoms with Crippen LogP contribution in [0.15, 0.2) is 24.3 Å². The van der Waals surface area contributed by atoms with Crippen molar-refractivity contribution >= 4 is 11.4 Å². The van der Waals surface area contributed by atoms with E-state index < -0.39 is 0 Å². The molecular formula is C16H25N3. The van der Waals surface area contributed by atoms with Gasteiger partial charge in [-0.3, -0.25) is 0 Å². The smallest absolute Gasteiger partial charge is 0.0609 e. The van der Waals surface area contributed by atoms with E-state index >= 15 is 0 Å². The molecule has 1 saturated carbocycles. The molecule has 3 heteroatoms. The third-order valence-corrected chi connectivity index (χ3v) is 5.03. The molecule has 2 atom stereocenters. The van der Waals surface area contributed by atoms with Gasteiger partial charge in [-0.15, -0.1) is 0 Å². The van der Waals surface area contributed by atoms with Crippen molar-refractivity contribution in [3.05, 3.63) is 24.3 Å². The van der Waals surface area contributed by atoms with E-state index in [9.17, 15) is 0 Å². The summed E-state index contributed by atoms with van der Waals surface area (Å²) >= 11 is 0. The summed E-state index contributed by atoms with van der Waals surface area (Å²) in [6.45, 7) is 5.32. The van der Waals surface area contributed by atoms with Crippen LogP contribution < -0.4 is 15.5 Å². The first-order valence-electron chi connectivity index (χ1n) is 7.44. The van der Waals surface area contributed by atoms with Gasteiger partial charge < -0.3 is 15.5 Å². The van der Waals surface area contributed by atoms with Gasteiger partial charge in [0.1, 0.15) is 0 Å². The average molecular weight is 259 g/mol. The monoisotopic (exact) mass is 259 g/mol. The number of nitrogens with zero attached hydrogens (tertiary/aromatic N) is 2. The third kappa shape index (κ3) is 2.00. The van der Waals surface area contributed by atoms with Crippen molar-refractivity contribution in [2.75, 3.05) is 36.5 Å². The number of anilines is 2. The number of nitrogens with two attached hydrogens (primary N) is 1. The van der Waals surface area contributed by atoms with Crippen molar-refractivity contribution in [2.45, 2.75) is 31.7 Å². The van der Waals surface area contributed by atoms with Crippen molar-refractivity contribution in [3.63, 3.8) is 0 Å². The molecule has 0 amide bonds. The molecule has 0 spiro atoms. The van der Waals surface area contributed by atoms with E-state index in [1.165, 1.54) is 30.6 Å². The standard InChI is InChI=1S/C16H25N3/c1-13-7-8-16(11-13,12-17)19-10-9-18(2)14-5-3-4-6-15(14)19/h3-6,13H,7-12,17H2,1-2H3. The number of hydrogen-bond donors (Lipinski definition) is 1. The predicted molar refractivity (Wildman–Crippen MR) is 81.9 cm³/mol. The van der Waals surface area contributed by atoms with Crippen molar-refractivity contribution in [2.24, 2.45) is 11.7 Å². The Hall–Kier alpha value is -1.22. The zero-order chi connectivity index (χ0) is 13.5. The maximum atomic E-state index is 6.20. The van der Waals surface area contributed by atoms with Crippen LogP contribution in [0.3, 0.4) is 0 Å². The normalized spacial score (nSPS) is 30.6. The molecule has 3 rings (SSSR count). The number of benzene rings is 1. The lowest BCUT2D eigenvalue weighted by atomic mass is 9.91. The van der Waals surface area contributed by atoms with Crippen LogP contribution in [0.5, 0.6) is 0 Å². The predicted octanol–water partition coefficient (Wildman–Crippen LogP) is 2.46. The fourth-order valence-corrected chi connectivity index (χ4v) is 3.91. The average Bonchev–Trinajstić information content (AvgIpc) is 2.82. The SMILES string of the molecule is CC1CCC(CN)(N2CCN(C)c3ccccc32)C1. The molecule has 0 radical (unpaired) electrons. The van der Waals surface area contributed by atoms with Gasteiger partial charge in [0, 0.05) is 26.7 Å². The third-order valence-electron chi connectivity index (χ3n) is 5.03. The van der Waals surface area contributed by atoms with E-state index in [4.69, 9.17) is 5.73 Å². The van der Waals surface area contributed by atoms with Crippen LogP contribution in [0.2, 0.25) is 0 Å². The summed E-state index contributed by atoms with van der Waals surface area (Å²) in [5, 5.41) is 0. The van der Waals surface area contributed by atoms with Crippen LogP contribution in [-0.2, 0) is 0 Å². The summed E-state index contributed by atoms with van der Waals surface area (Å²) in [5.41, 5.74) is 9.11. The Bertz CT molecular complexity index is 459. The maximum absolute atomic E-state index is 6.20. The quantitative estimate of drug-likeness (QED) is 0.885. The number of para-hydroxylation sites is 2. The molecule has 2 aliphatic rings. The van der Waals surface area contributed by atoms with Gasteiger partial charge in [0.25, 0.3) is 0 Å². The van der Waals surface area contributed by atoms with Gasteiger partial charge in [0.05, 0.1) is 16.9 Å². The van der Waals surface area contributed by atoms with Crippen LogP contribution in [0.1, 0.15) is 26.2 Å². The molecule has 1 heterocycles. The molecule has 1 aromatic carbocycles. The minimum Gasteiger partial charge on any atom is -0.371 e. The van der Waals surface area contributed by atoms with E-state index in [-0.39, 0.29) is 5.54 Å². The first-order chi connectivity index (χ1) is 9.16. The van der Waals surface area contributed by atoms with Gasteiger partial charge in [0.15, 0.2) is 0 Å². The maximum Gasteiger partial charge on any atom is 0.0609 e. The van der Waals surface area contributed by atoms with Crippen LogP contribution in [0.4, 0.5) is 11.4 Å². The Balaban J connectivity index is 2.00. The van der Waals surface area contributed by atoms with Gasteiger partial charge >= 0.3 is 0 Å². The first kappa shape index (κ1) is 12.8. The van der Waals surface area contributed by atoms with Crippen molar-refractivity contribution in [1.29, 1.82) is 0 Å². The Labute approximate surface area is 116 Å². The van der Waals surface area contributed by atoms with E-state index in [0.717, 1.165) is 25.6 Å². The molecule has 1 aromatic rings. The van der Waals surface area contributed by atoms with Crippen LogP contribution in [0, 0.1) is 5.92 Å². The molecule has 104 valence electrons. The summed E-state index contributed by atoms with van der Waals surface area (Å²) in [6, 6.07) is 8.76. The fraction of sp³-hybridized carbons (Fsp3) is 0.625. The lowest BCUT2D eigenvalue weighted by Gasteiger charge is -2.47. The van der Waals surface area contributed by atoms with E-state index in [2.05, 4.69) is 48.0 Å². The molecule has 0 aromatic heterocycles. The highest BCUT2D eigenvalue weighted by Gasteiger charge is 2.43. The molecule has 1 aliphatic carbocycles. The van der Waals surface area contributed by atoms with Gasteiger partial charge in [-0.25, -0.2) is 0 Å². The second-order valence-corrected chi connectivity index (χ2v) is 6.34. The second-order valence-electron chi connectivity index (χ2n) is 6.34. The highest BCUT2D eigenvalue weighted by Crippen LogP contribution is 2.44. The molecule has 3 nitrogen and oxygen atoms in total. The van der Waals surface area contributed by atoms with Crippen LogP contribution >= 0.6 is 0 Å². The van der Waals surface area contributed by atoms with Crippen molar-refractivity contribution < 1.29 is 0 Å². The summed E-state index contributed by atoms with van der Waals surface area (Å²) in [6.07, 6.45) is 3.79. The zero-order valence-corrected chi connectivity index (χ0v) is 12.1. The lowest BCUT2D eigenvalue weighted by molar-refractivity contribution is 0.387. The van der Waals surface area contributed by atoms with Gasteiger partial charge in [-0.05, 0) is 37.3 Å². The number of likely N-dealkylation sites (N-methyl/N-ethyl adjacent to an activating group) is 1. The molecular weight excluding hydrogens is 234 g/mol. The molecule has 2 N–H and O–H groups in total. The highest BCUT2D eigenvalue weighted by atomic mass is 15.3. The van der Waals surface area contributed by atoms with Crippen LogP contribution in [-0.4, -0.2) is 32.2 Å². The molecule has 0 bridgehead atoms. The van der Waals surface area contributed by atoms with Crippen LogP contribution in [0.25, 0.3) is 0 Å². The largest absolute Gasteiger partial charge is 0.371 e. The Morgan fingerprint density at radius 2 is 2.00 bits per heavy atom. The number of hydrogen-bond acceptors (Lipinski definition) is 3. The molecule has 2 unspecified atom stereocenters. The summed E-state index contributed by atoms with van der Waals surface area (Å²) in [5.74, 6) is 0.801. The van der Waals surface area contributed by atoms with E-state index in [0.29, 0.717) is 0 Å². The zero-order valence-electron chi connectivity index (χ0n) is 12.1. The molecule has 19 heavy (non-hydrogen) atoms. The lowest BCUT2D eigenvalue weighted by Crippen LogP contribution is -2.56. The number of rotatable bonds is 2. The minimum absolute atomic E-state index is 0.191. The van der Waals surface area contributed by atoms with E-state index in [1.54, 1.807) is 0 Å². The summed E-state index contributed by atoms with van der Waals surface area (Å²) in [4.78, 5) is 4.96. The Kier molecular flexibility index (Phi) is 3.17. The van der Waals surface area contributed by atoms with Gasteiger partial charge in [-0.2, -0.15) is 0 Å². The van der Waals surface area contributed by atoms with E-state index in [1.807, 2.05) is 0 Å². The number of fused-ring (bicyclic) bond motifs is 1. The fourth-order valence-electron chi connectivity index (χ4n) is 3.91. The first-order valence-corrected chi connectivity index (χ1v) is 7.44.